The summed E-state index contributed by atoms with van der Waals surface area (Å²) in [7, 11) is 0. The first-order valence-corrected chi connectivity index (χ1v) is 5.23. The van der Waals surface area contributed by atoms with Crippen molar-refractivity contribution >= 4 is 5.69 Å². The fraction of sp³-hybridized carbons (Fsp3) is 0.455. The molecule has 0 aliphatic rings. The number of hydrogen-bond acceptors (Lipinski definition) is 4. The molecule has 0 amide bonds. The van der Waals surface area contributed by atoms with Gasteiger partial charge in [0.1, 0.15) is 0 Å². The van der Waals surface area contributed by atoms with E-state index in [4.69, 9.17) is 14.9 Å². The number of benzene rings is 1. The minimum atomic E-state index is -1.07. The Kier molecular flexibility index (Phi) is 5.11. The predicted molar refractivity (Wildman–Crippen MR) is 59.1 cm³/mol. The van der Waals surface area contributed by atoms with E-state index in [1.54, 1.807) is 6.92 Å². The van der Waals surface area contributed by atoms with Crippen LogP contribution in [0.2, 0.25) is 0 Å². The molecule has 0 saturated carbocycles. The summed E-state index contributed by atoms with van der Waals surface area (Å²) < 4.78 is 31.8. The van der Waals surface area contributed by atoms with Gasteiger partial charge in [0.25, 0.3) is 0 Å². The number of aliphatic hydroxyl groups excluding tert-OH is 2. The molecular formula is C11H15F2NO3. The van der Waals surface area contributed by atoms with Crippen molar-refractivity contribution in [3.05, 3.63) is 23.8 Å². The van der Waals surface area contributed by atoms with Gasteiger partial charge in [0.2, 0.25) is 5.82 Å². The SMILES string of the molecule is CCOc1ccc(NCC(O)CO)c(F)c1F. The van der Waals surface area contributed by atoms with Gasteiger partial charge in [0.05, 0.1) is 25.0 Å². The van der Waals surface area contributed by atoms with Crippen LogP contribution in [-0.4, -0.2) is 36.1 Å². The van der Waals surface area contributed by atoms with E-state index < -0.39 is 24.3 Å². The highest BCUT2D eigenvalue weighted by atomic mass is 19.2. The predicted octanol–water partition coefficient (Wildman–Crippen LogP) is 1.13. The monoisotopic (exact) mass is 247 g/mol. The molecule has 0 fully saturated rings. The van der Waals surface area contributed by atoms with Crippen LogP contribution >= 0.6 is 0 Å². The summed E-state index contributed by atoms with van der Waals surface area (Å²) in [5.41, 5.74) is -0.0848. The highest BCUT2D eigenvalue weighted by molar-refractivity contribution is 5.49. The van der Waals surface area contributed by atoms with Crippen LogP contribution in [-0.2, 0) is 0 Å². The lowest BCUT2D eigenvalue weighted by Crippen LogP contribution is -2.23. The highest BCUT2D eigenvalue weighted by Gasteiger charge is 2.14. The number of hydrogen-bond donors (Lipinski definition) is 3. The Labute approximate surface area is 97.8 Å². The van der Waals surface area contributed by atoms with Crippen molar-refractivity contribution < 1.29 is 23.7 Å². The van der Waals surface area contributed by atoms with Crippen LogP contribution in [0.1, 0.15) is 6.92 Å². The largest absolute Gasteiger partial charge is 0.491 e. The minimum Gasteiger partial charge on any atom is -0.491 e. The Bertz CT molecular complexity index is 374. The molecule has 17 heavy (non-hydrogen) atoms. The topological polar surface area (TPSA) is 61.7 Å². The van der Waals surface area contributed by atoms with Crippen LogP contribution in [0.5, 0.6) is 5.75 Å². The van der Waals surface area contributed by atoms with Gasteiger partial charge in [0, 0.05) is 6.54 Å². The third-order valence-corrected chi connectivity index (χ3v) is 2.09. The van der Waals surface area contributed by atoms with Crippen LogP contribution in [0.15, 0.2) is 12.1 Å². The molecule has 1 aromatic rings. The molecule has 0 aliphatic carbocycles. The molecule has 0 saturated heterocycles. The van der Waals surface area contributed by atoms with Crippen LogP contribution in [0, 0.1) is 11.6 Å². The van der Waals surface area contributed by atoms with E-state index in [0.29, 0.717) is 0 Å². The normalized spacial score (nSPS) is 12.3. The fourth-order valence-corrected chi connectivity index (χ4v) is 1.23. The van der Waals surface area contributed by atoms with E-state index in [1.165, 1.54) is 12.1 Å². The van der Waals surface area contributed by atoms with Gasteiger partial charge in [-0.2, -0.15) is 4.39 Å². The highest BCUT2D eigenvalue weighted by Crippen LogP contribution is 2.25. The van der Waals surface area contributed by atoms with Crippen molar-refractivity contribution in [3.8, 4) is 5.75 Å². The summed E-state index contributed by atoms with van der Waals surface area (Å²) in [5, 5.41) is 20.1. The van der Waals surface area contributed by atoms with E-state index >= 15 is 0 Å². The molecule has 1 atom stereocenters. The maximum atomic E-state index is 13.5. The van der Waals surface area contributed by atoms with Gasteiger partial charge in [-0.15, -0.1) is 0 Å². The van der Waals surface area contributed by atoms with Gasteiger partial charge in [-0.25, -0.2) is 4.39 Å². The van der Waals surface area contributed by atoms with Crippen molar-refractivity contribution in [1.29, 1.82) is 0 Å². The summed E-state index contributed by atoms with van der Waals surface area (Å²) in [5.74, 6) is -2.30. The third kappa shape index (κ3) is 3.54. The summed E-state index contributed by atoms with van der Waals surface area (Å²) in [6, 6.07) is 2.61. The van der Waals surface area contributed by atoms with Crippen LogP contribution < -0.4 is 10.1 Å². The standard InChI is InChI=1S/C11H15F2NO3/c1-2-17-9-4-3-8(10(12)11(9)13)14-5-7(16)6-15/h3-4,7,14-16H,2,5-6H2,1H3. The fourth-order valence-electron chi connectivity index (χ4n) is 1.23. The van der Waals surface area contributed by atoms with Crippen molar-refractivity contribution in [3.63, 3.8) is 0 Å². The summed E-state index contributed by atoms with van der Waals surface area (Å²) in [4.78, 5) is 0. The van der Waals surface area contributed by atoms with E-state index in [9.17, 15) is 8.78 Å². The Balaban J connectivity index is 2.78. The number of aliphatic hydroxyl groups is 2. The molecule has 96 valence electrons. The van der Waals surface area contributed by atoms with E-state index in [-0.39, 0.29) is 24.6 Å². The first-order chi connectivity index (χ1) is 8.10. The maximum absolute atomic E-state index is 13.5. The van der Waals surface area contributed by atoms with Crippen LogP contribution in [0.4, 0.5) is 14.5 Å². The van der Waals surface area contributed by atoms with E-state index in [0.717, 1.165) is 0 Å². The van der Waals surface area contributed by atoms with Gasteiger partial charge < -0.3 is 20.3 Å². The van der Waals surface area contributed by atoms with Crippen LogP contribution in [0.25, 0.3) is 0 Å². The quantitative estimate of drug-likeness (QED) is 0.705. The lowest BCUT2D eigenvalue weighted by atomic mass is 10.2. The second-order valence-corrected chi connectivity index (χ2v) is 3.39. The molecule has 0 aliphatic heterocycles. The third-order valence-electron chi connectivity index (χ3n) is 2.09. The molecule has 0 spiro atoms. The first kappa shape index (κ1) is 13.7. The van der Waals surface area contributed by atoms with Gasteiger partial charge in [-0.05, 0) is 19.1 Å². The Morgan fingerprint density at radius 2 is 2.06 bits per heavy atom. The number of ether oxygens (including phenoxy) is 1. The summed E-state index contributed by atoms with van der Waals surface area (Å²) in [6.45, 7) is 1.39. The average molecular weight is 247 g/mol. The summed E-state index contributed by atoms with van der Waals surface area (Å²) >= 11 is 0. The van der Waals surface area contributed by atoms with Gasteiger partial charge in [-0.1, -0.05) is 0 Å². The molecule has 1 unspecified atom stereocenters. The smallest absolute Gasteiger partial charge is 0.202 e. The molecule has 6 heteroatoms. The van der Waals surface area contributed by atoms with Gasteiger partial charge >= 0.3 is 0 Å². The molecule has 0 radical (unpaired) electrons. The lowest BCUT2D eigenvalue weighted by molar-refractivity contribution is 0.105. The molecule has 3 N–H and O–H groups in total. The van der Waals surface area contributed by atoms with Crippen molar-refractivity contribution in [1.82, 2.24) is 0 Å². The second-order valence-electron chi connectivity index (χ2n) is 3.39. The number of rotatable bonds is 6. The Hall–Kier alpha value is -1.40. The van der Waals surface area contributed by atoms with Crippen molar-refractivity contribution in [2.75, 3.05) is 25.1 Å². The number of nitrogens with one attached hydrogen (secondary N) is 1. The molecule has 4 nitrogen and oxygen atoms in total. The second kappa shape index (κ2) is 6.36. The zero-order valence-corrected chi connectivity index (χ0v) is 9.41. The molecule has 0 heterocycles. The molecule has 1 rings (SSSR count). The van der Waals surface area contributed by atoms with Gasteiger partial charge in [0.15, 0.2) is 11.6 Å². The molecule has 1 aromatic carbocycles. The zero-order valence-electron chi connectivity index (χ0n) is 9.41. The van der Waals surface area contributed by atoms with Gasteiger partial charge in [-0.3, -0.25) is 0 Å². The van der Waals surface area contributed by atoms with Crippen LogP contribution in [0.3, 0.4) is 0 Å². The minimum absolute atomic E-state index is 0.0686. The summed E-state index contributed by atoms with van der Waals surface area (Å²) in [6.07, 6.45) is -1.02. The Morgan fingerprint density at radius 1 is 1.35 bits per heavy atom. The first-order valence-electron chi connectivity index (χ1n) is 5.23. The average Bonchev–Trinajstić information content (AvgIpc) is 2.34. The zero-order chi connectivity index (χ0) is 12.8. The lowest BCUT2D eigenvalue weighted by Gasteiger charge is -2.12. The van der Waals surface area contributed by atoms with Crippen molar-refractivity contribution in [2.24, 2.45) is 0 Å². The Morgan fingerprint density at radius 3 is 2.65 bits per heavy atom. The number of halogens is 2. The van der Waals surface area contributed by atoms with E-state index in [2.05, 4.69) is 5.32 Å². The van der Waals surface area contributed by atoms with E-state index in [1.807, 2.05) is 0 Å². The molecule has 0 bridgehead atoms. The molecular weight excluding hydrogens is 232 g/mol. The number of anilines is 1. The maximum Gasteiger partial charge on any atom is 0.202 e. The van der Waals surface area contributed by atoms with Crippen molar-refractivity contribution in [2.45, 2.75) is 13.0 Å². The molecule has 0 aromatic heterocycles.